The Hall–Kier alpha value is -5.49. The van der Waals surface area contributed by atoms with Crippen molar-refractivity contribution in [1.82, 2.24) is 0 Å². The lowest BCUT2D eigenvalue weighted by Crippen LogP contribution is -2.30. The number of rotatable bonds is 58. The Morgan fingerprint density at radius 3 is 0.711 bits per heavy atom. The smallest absolute Gasteiger partial charge is 0.306 e. The predicted octanol–water partition coefficient (Wildman–Crippen LogP) is 23.2. The van der Waals surface area contributed by atoms with Crippen LogP contribution < -0.4 is 0 Å². The number of ether oxygens (including phenoxy) is 3. The highest BCUT2D eigenvalue weighted by Crippen LogP contribution is 2.15. The van der Waals surface area contributed by atoms with Crippen molar-refractivity contribution in [3.05, 3.63) is 182 Å². The summed E-state index contributed by atoms with van der Waals surface area (Å²) in [6.07, 6.45) is 103. The number of esters is 3. The van der Waals surface area contributed by atoms with Crippen LogP contribution in [0.2, 0.25) is 0 Å². The van der Waals surface area contributed by atoms with Crippen LogP contribution >= 0.6 is 0 Å². The molecule has 464 valence electrons. The molecule has 0 fully saturated rings. The second-order valence-corrected chi connectivity index (χ2v) is 21.2. The van der Waals surface area contributed by atoms with Gasteiger partial charge < -0.3 is 14.2 Å². The maximum absolute atomic E-state index is 12.9. The first kappa shape index (κ1) is 77.5. The molecule has 0 spiro atoms. The molecule has 0 aromatic carbocycles. The summed E-state index contributed by atoms with van der Waals surface area (Å²) >= 11 is 0. The molecule has 0 saturated carbocycles. The molecule has 0 radical (unpaired) electrons. The summed E-state index contributed by atoms with van der Waals surface area (Å²) in [7, 11) is 0. The molecule has 0 aliphatic carbocycles. The molecule has 0 rings (SSSR count). The zero-order chi connectivity index (χ0) is 59.9. The molecule has 0 aromatic heterocycles. The number of hydrogen-bond donors (Lipinski definition) is 0. The molecule has 0 bridgehead atoms. The van der Waals surface area contributed by atoms with Gasteiger partial charge in [0, 0.05) is 19.3 Å². The average Bonchev–Trinajstić information content (AvgIpc) is 3.49. The van der Waals surface area contributed by atoms with Crippen molar-refractivity contribution in [2.75, 3.05) is 13.2 Å². The Kier molecular flexibility index (Phi) is 64.4. The van der Waals surface area contributed by atoms with Crippen LogP contribution in [-0.2, 0) is 28.6 Å². The lowest BCUT2D eigenvalue weighted by atomic mass is 10.0. The van der Waals surface area contributed by atoms with Gasteiger partial charge >= 0.3 is 17.9 Å². The maximum Gasteiger partial charge on any atom is 0.306 e. The van der Waals surface area contributed by atoms with Crippen molar-refractivity contribution >= 4 is 17.9 Å². The molecule has 83 heavy (non-hydrogen) atoms. The fraction of sp³-hybridized carbons (Fsp3) is 0.571. The monoisotopic (exact) mass is 1140 g/mol. The predicted molar refractivity (Wildman–Crippen MR) is 361 cm³/mol. The van der Waals surface area contributed by atoms with E-state index >= 15 is 0 Å². The van der Waals surface area contributed by atoms with E-state index < -0.39 is 6.10 Å². The molecule has 0 aliphatic heterocycles. The normalized spacial score (nSPS) is 13.3. The van der Waals surface area contributed by atoms with Gasteiger partial charge in [0.05, 0.1) is 0 Å². The van der Waals surface area contributed by atoms with E-state index in [2.05, 4.69) is 203 Å². The van der Waals surface area contributed by atoms with E-state index in [4.69, 9.17) is 14.2 Å². The number of allylic oxidation sites excluding steroid dienone is 30. The molecule has 1 unspecified atom stereocenters. The topological polar surface area (TPSA) is 78.9 Å². The fourth-order valence-corrected chi connectivity index (χ4v) is 8.52. The highest BCUT2D eigenvalue weighted by atomic mass is 16.6. The third kappa shape index (κ3) is 67.2. The first-order chi connectivity index (χ1) is 41.0. The summed E-state index contributed by atoms with van der Waals surface area (Å²) in [5, 5.41) is 0. The molecular weight excluding hydrogens is 1020 g/mol. The Labute approximate surface area is 510 Å². The molecule has 0 heterocycles. The van der Waals surface area contributed by atoms with Gasteiger partial charge in [-0.15, -0.1) is 0 Å². The number of unbranched alkanes of at least 4 members (excludes halogenated alkanes) is 17. The van der Waals surface area contributed by atoms with Crippen molar-refractivity contribution in [3.63, 3.8) is 0 Å². The lowest BCUT2D eigenvalue weighted by molar-refractivity contribution is -0.167. The molecule has 0 amide bonds. The van der Waals surface area contributed by atoms with Crippen LogP contribution in [0, 0.1) is 0 Å². The van der Waals surface area contributed by atoms with Crippen LogP contribution in [0.5, 0.6) is 0 Å². The van der Waals surface area contributed by atoms with Gasteiger partial charge in [0.1, 0.15) is 13.2 Å². The minimum Gasteiger partial charge on any atom is -0.462 e. The van der Waals surface area contributed by atoms with Gasteiger partial charge in [0.2, 0.25) is 0 Å². The van der Waals surface area contributed by atoms with Crippen LogP contribution in [-0.4, -0.2) is 37.2 Å². The third-order valence-corrected chi connectivity index (χ3v) is 13.4. The maximum atomic E-state index is 12.9. The van der Waals surface area contributed by atoms with Crippen LogP contribution in [0.1, 0.15) is 265 Å². The summed E-state index contributed by atoms with van der Waals surface area (Å²) in [6, 6.07) is 0. The summed E-state index contributed by atoms with van der Waals surface area (Å²) in [5.74, 6) is -0.994. The zero-order valence-corrected chi connectivity index (χ0v) is 53.1. The molecule has 6 heteroatoms. The van der Waals surface area contributed by atoms with Crippen molar-refractivity contribution in [3.8, 4) is 0 Å². The second-order valence-electron chi connectivity index (χ2n) is 21.2. The highest BCUT2D eigenvalue weighted by Gasteiger charge is 2.19. The summed E-state index contributed by atoms with van der Waals surface area (Å²) in [6.45, 7) is 6.23. The first-order valence-electron chi connectivity index (χ1n) is 33.3. The van der Waals surface area contributed by atoms with Crippen LogP contribution in [0.15, 0.2) is 182 Å². The summed E-state index contributed by atoms with van der Waals surface area (Å²) in [4.78, 5) is 38.4. The van der Waals surface area contributed by atoms with Crippen molar-refractivity contribution < 1.29 is 28.6 Å². The van der Waals surface area contributed by atoms with E-state index in [1.165, 1.54) is 64.2 Å². The van der Waals surface area contributed by atoms with Crippen LogP contribution in [0.3, 0.4) is 0 Å². The van der Waals surface area contributed by atoms with E-state index in [-0.39, 0.29) is 37.5 Å². The van der Waals surface area contributed by atoms with Gasteiger partial charge in [-0.2, -0.15) is 0 Å². The number of hydrogen-bond acceptors (Lipinski definition) is 6. The van der Waals surface area contributed by atoms with Gasteiger partial charge in [-0.25, -0.2) is 0 Å². The van der Waals surface area contributed by atoms with Gasteiger partial charge in [0.15, 0.2) is 6.10 Å². The molecule has 0 aliphatic rings. The SMILES string of the molecule is CC/C=C\C/C=C\C/C=C\C/C=C\C/C=C\C/C=C\C/C=C\C/C=C\CCCCC(=O)OCC(COC(=O)CCCCC/C=C\C/C=C\C/C=C\CC)OC(=O)CCCCCCCCCCCCCC/C=C\C/C=C\C/C=C\C/C=C\CC. The van der Waals surface area contributed by atoms with E-state index in [9.17, 15) is 14.4 Å². The fourth-order valence-electron chi connectivity index (χ4n) is 8.52. The molecule has 1 atom stereocenters. The van der Waals surface area contributed by atoms with Gasteiger partial charge in [-0.05, 0) is 154 Å². The Bertz CT molecular complexity index is 1940. The van der Waals surface area contributed by atoms with E-state index in [0.717, 1.165) is 154 Å². The quantitative estimate of drug-likeness (QED) is 0.0261. The molecule has 0 saturated heterocycles. The first-order valence-corrected chi connectivity index (χ1v) is 33.3. The second kappa shape index (κ2) is 69.0. The summed E-state index contributed by atoms with van der Waals surface area (Å²) in [5.41, 5.74) is 0. The minimum absolute atomic E-state index is 0.116. The Morgan fingerprint density at radius 1 is 0.241 bits per heavy atom. The molecule has 0 N–H and O–H groups in total. The molecular formula is C77H120O6. The van der Waals surface area contributed by atoms with Crippen molar-refractivity contribution in [1.29, 1.82) is 0 Å². The number of carbonyl (C=O) groups is 3. The van der Waals surface area contributed by atoms with Gasteiger partial charge in [0.25, 0.3) is 0 Å². The molecule has 6 nitrogen and oxygen atoms in total. The van der Waals surface area contributed by atoms with Crippen molar-refractivity contribution in [2.45, 2.75) is 271 Å². The van der Waals surface area contributed by atoms with Gasteiger partial charge in [-0.1, -0.05) is 274 Å². The average molecular weight is 1140 g/mol. The lowest BCUT2D eigenvalue weighted by Gasteiger charge is -2.18. The molecule has 0 aromatic rings. The van der Waals surface area contributed by atoms with E-state index in [1.807, 2.05) is 0 Å². The Balaban J connectivity index is 4.45. The highest BCUT2D eigenvalue weighted by molar-refractivity contribution is 5.71. The number of carbonyl (C=O) groups excluding carboxylic acids is 3. The third-order valence-electron chi connectivity index (χ3n) is 13.4. The van der Waals surface area contributed by atoms with E-state index in [0.29, 0.717) is 19.3 Å². The standard InChI is InChI=1S/C77H120O6/c1-4-7-10-13-16-19-22-25-27-29-31-33-35-37-38-40-41-43-45-47-49-52-55-58-61-64-67-70-76(79)82-73-74(72-81-75(78)69-66-63-60-57-54-51-24-21-18-15-12-9-6-3)83-77(80)71-68-65-62-59-56-53-50-48-46-44-42-39-36-34-32-30-28-26-23-20-17-14-11-8-5-2/h7-12,16-21,25-28,31-34,37-38,41,43,47,49,51,54-55,58,74H,4-6,13-15,22-24,29-30,35-36,39-40,42,44-46,48,50,52-53,56-57,59-73H2,1-3H3/b10-7-,11-8-,12-9-,19-16-,20-17-,21-18-,27-25-,28-26-,33-31-,34-32-,38-37-,43-41-,49-47-,54-51-,58-55-. The minimum atomic E-state index is -0.821. The summed E-state index contributed by atoms with van der Waals surface area (Å²) < 4.78 is 16.9. The zero-order valence-electron chi connectivity index (χ0n) is 53.1. The van der Waals surface area contributed by atoms with Crippen LogP contribution in [0.4, 0.5) is 0 Å². The Morgan fingerprint density at radius 2 is 0.434 bits per heavy atom. The van der Waals surface area contributed by atoms with E-state index in [1.54, 1.807) is 0 Å². The largest absolute Gasteiger partial charge is 0.462 e. The van der Waals surface area contributed by atoms with Crippen LogP contribution in [0.25, 0.3) is 0 Å². The van der Waals surface area contributed by atoms with Gasteiger partial charge in [-0.3, -0.25) is 14.4 Å². The van der Waals surface area contributed by atoms with Crippen molar-refractivity contribution in [2.24, 2.45) is 0 Å².